The molecular formula is C6H11O4S-. The standard InChI is InChI=1S/C6H12O4S/c1-5(2)3-10-6(7)4-11(8)9/h5H,3-4H2,1-2H3,(H,8,9)/p-1. The van der Waals surface area contributed by atoms with Crippen molar-refractivity contribution in [2.75, 3.05) is 12.4 Å². The Balaban J connectivity index is 3.46. The van der Waals surface area contributed by atoms with Crippen molar-refractivity contribution in [1.29, 1.82) is 0 Å². The number of carbonyl (C=O) groups excluding carboxylic acids is 1. The van der Waals surface area contributed by atoms with Gasteiger partial charge in [-0.15, -0.1) is 0 Å². The highest BCUT2D eigenvalue weighted by atomic mass is 32.2. The number of rotatable bonds is 4. The molecule has 0 saturated carbocycles. The van der Waals surface area contributed by atoms with Gasteiger partial charge in [-0.05, 0) is 17.0 Å². The van der Waals surface area contributed by atoms with Gasteiger partial charge in [0.05, 0.1) is 6.61 Å². The van der Waals surface area contributed by atoms with Gasteiger partial charge in [-0.1, -0.05) is 13.8 Å². The molecule has 0 aromatic carbocycles. The zero-order valence-electron chi connectivity index (χ0n) is 6.53. The van der Waals surface area contributed by atoms with Gasteiger partial charge in [-0.2, -0.15) is 0 Å². The lowest BCUT2D eigenvalue weighted by molar-refractivity contribution is -0.141. The monoisotopic (exact) mass is 179 g/mol. The van der Waals surface area contributed by atoms with E-state index in [0.29, 0.717) is 0 Å². The molecule has 0 amide bonds. The van der Waals surface area contributed by atoms with Crippen LogP contribution in [0, 0.1) is 5.92 Å². The van der Waals surface area contributed by atoms with Gasteiger partial charge in [0.15, 0.2) is 0 Å². The van der Waals surface area contributed by atoms with Crippen LogP contribution in [0.5, 0.6) is 0 Å². The second kappa shape index (κ2) is 5.26. The number of esters is 1. The van der Waals surface area contributed by atoms with Gasteiger partial charge in [-0.25, -0.2) is 0 Å². The van der Waals surface area contributed by atoms with Gasteiger partial charge in [0.2, 0.25) is 0 Å². The summed E-state index contributed by atoms with van der Waals surface area (Å²) in [6.07, 6.45) is 0. The molecule has 11 heavy (non-hydrogen) atoms. The summed E-state index contributed by atoms with van der Waals surface area (Å²) >= 11 is -2.33. The average Bonchev–Trinajstić information content (AvgIpc) is 1.82. The molecule has 0 N–H and O–H groups in total. The molecule has 0 saturated heterocycles. The molecule has 1 atom stereocenters. The zero-order valence-corrected chi connectivity index (χ0v) is 7.35. The van der Waals surface area contributed by atoms with E-state index < -0.39 is 22.8 Å². The Bertz CT molecular complexity index is 155. The van der Waals surface area contributed by atoms with Crippen LogP contribution in [-0.4, -0.2) is 27.1 Å². The Kier molecular flexibility index (Phi) is 5.06. The topological polar surface area (TPSA) is 66.4 Å². The van der Waals surface area contributed by atoms with Gasteiger partial charge in [0.1, 0.15) is 5.75 Å². The number of hydrogen-bond acceptors (Lipinski definition) is 4. The van der Waals surface area contributed by atoms with E-state index in [1.54, 1.807) is 0 Å². The summed E-state index contributed by atoms with van der Waals surface area (Å²) in [5.74, 6) is -1.00. The molecule has 0 heterocycles. The maximum absolute atomic E-state index is 10.5. The Morgan fingerprint density at radius 2 is 2.18 bits per heavy atom. The summed E-state index contributed by atoms with van der Waals surface area (Å²) in [7, 11) is 0. The second-order valence-corrected chi connectivity index (χ2v) is 3.42. The summed E-state index contributed by atoms with van der Waals surface area (Å²) in [5.41, 5.74) is 0. The van der Waals surface area contributed by atoms with Crippen LogP contribution in [0.15, 0.2) is 0 Å². The molecule has 4 nitrogen and oxygen atoms in total. The van der Waals surface area contributed by atoms with Gasteiger partial charge in [0.25, 0.3) is 0 Å². The Hall–Kier alpha value is -0.420. The van der Waals surface area contributed by atoms with Gasteiger partial charge in [-0.3, -0.25) is 9.00 Å². The van der Waals surface area contributed by atoms with Crippen molar-refractivity contribution in [1.82, 2.24) is 0 Å². The normalized spacial score (nSPS) is 13.1. The van der Waals surface area contributed by atoms with Crippen LogP contribution in [0.2, 0.25) is 0 Å². The molecular weight excluding hydrogens is 168 g/mol. The molecule has 0 aromatic rings. The molecule has 0 radical (unpaired) electrons. The van der Waals surface area contributed by atoms with Gasteiger partial charge in [0, 0.05) is 0 Å². The van der Waals surface area contributed by atoms with E-state index >= 15 is 0 Å². The van der Waals surface area contributed by atoms with Crippen molar-refractivity contribution >= 4 is 17.0 Å². The summed E-state index contributed by atoms with van der Waals surface area (Å²) in [5, 5.41) is 0. The molecule has 5 heteroatoms. The molecule has 0 bridgehead atoms. The van der Waals surface area contributed by atoms with E-state index in [0.717, 1.165) is 0 Å². The fourth-order valence-electron chi connectivity index (χ4n) is 0.398. The van der Waals surface area contributed by atoms with E-state index in [1.165, 1.54) is 0 Å². The maximum Gasteiger partial charge on any atom is 0.317 e. The highest BCUT2D eigenvalue weighted by Gasteiger charge is 2.03. The van der Waals surface area contributed by atoms with Crippen LogP contribution in [0.1, 0.15) is 13.8 Å². The van der Waals surface area contributed by atoms with E-state index in [-0.39, 0.29) is 12.5 Å². The molecule has 0 aliphatic rings. The smallest absolute Gasteiger partial charge is 0.317 e. The van der Waals surface area contributed by atoms with Crippen molar-refractivity contribution in [2.24, 2.45) is 5.92 Å². The van der Waals surface area contributed by atoms with Crippen molar-refractivity contribution < 1.29 is 18.3 Å². The fraction of sp³-hybridized carbons (Fsp3) is 0.833. The lowest BCUT2D eigenvalue weighted by atomic mass is 10.2. The first-order valence-electron chi connectivity index (χ1n) is 3.24. The second-order valence-electron chi connectivity index (χ2n) is 2.52. The van der Waals surface area contributed by atoms with Gasteiger partial charge < -0.3 is 9.29 Å². The minimum atomic E-state index is -2.33. The van der Waals surface area contributed by atoms with Crippen LogP contribution >= 0.6 is 0 Å². The quantitative estimate of drug-likeness (QED) is 0.452. The molecule has 0 aromatic heterocycles. The summed E-state index contributed by atoms with van der Waals surface area (Å²) < 4.78 is 24.5. The Morgan fingerprint density at radius 1 is 1.64 bits per heavy atom. The van der Waals surface area contributed by atoms with Crippen molar-refractivity contribution in [2.45, 2.75) is 13.8 Å². The van der Waals surface area contributed by atoms with E-state index in [4.69, 9.17) is 0 Å². The molecule has 66 valence electrons. The first-order valence-corrected chi connectivity index (χ1v) is 4.48. The van der Waals surface area contributed by atoms with Crippen molar-refractivity contribution in [3.05, 3.63) is 0 Å². The largest absolute Gasteiger partial charge is 0.772 e. The Labute approximate surface area is 68.2 Å². The third-order valence-corrected chi connectivity index (χ3v) is 1.28. The van der Waals surface area contributed by atoms with Gasteiger partial charge >= 0.3 is 5.97 Å². The van der Waals surface area contributed by atoms with Crippen LogP contribution in [-0.2, 0) is 20.6 Å². The minimum Gasteiger partial charge on any atom is -0.772 e. The summed E-state index contributed by atoms with van der Waals surface area (Å²) in [6.45, 7) is 4.03. The molecule has 0 rings (SSSR count). The number of carbonyl (C=O) groups is 1. The predicted octanol–water partition coefficient (Wildman–Crippen LogP) is 0.0647. The zero-order chi connectivity index (χ0) is 8.85. The third kappa shape index (κ3) is 7.48. The van der Waals surface area contributed by atoms with Crippen LogP contribution in [0.25, 0.3) is 0 Å². The average molecular weight is 179 g/mol. The SMILES string of the molecule is CC(C)COC(=O)CS(=O)[O-]. The molecule has 0 fully saturated rings. The van der Waals surface area contributed by atoms with Crippen LogP contribution in [0.4, 0.5) is 0 Å². The number of hydrogen-bond donors (Lipinski definition) is 0. The lowest BCUT2D eigenvalue weighted by Crippen LogP contribution is -2.16. The van der Waals surface area contributed by atoms with Crippen molar-refractivity contribution in [3.8, 4) is 0 Å². The van der Waals surface area contributed by atoms with E-state index in [9.17, 15) is 13.6 Å². The Morgan fingerprint density at radius 3 is 2.55 bits per heavy atom. The fourth-order valence-corrected chi connectivity index (χ4v) is 0.673. The van der Waals surface area contributed by atoms with E-state index in [2.05, 4.69) is 4.74 Å². The first kappa shape index (κ1) is 10.6. The summed E-state index contributed by atoms with van der Waals surface area (Å²) in [6, 6.07) is 0. The van der Waals surface area contributed by atoms with E-state index in [1.807, 2.05) is 13.8 Å². The first-order chi connectivity index (χ1) is 5.02. The lowest BCUT2D eigenvalue weighted by Gasteiger charge is -2.07. The molecule has 0 spiro atoms. The van der Waals surface area contributed by atoms with Crippen molar-refractivity contribution in [3.63, 3.8) is 0 Å². The van der Waals surface area contributed by atoms with Crippen LogP contribution < -0.4 is 0 Å². The number of ether oxygens (including phenoxy) is 1. The summed E-state index contributed by atoms with van der Waals surface area (Å²) in [4.78, 5) is 10.5. The minimum absolute atomic E-state index is 0.235. The molecule has 1 unspecified atom stereocenters. The maximum atomic E-state index is 10.5. The molecule has 0 aliphatic carbocycles. The highest BCUT2D eigenvalue weighted by molar-refractivity contribution is 7.79. The third-order valence-electron chi connectivity index (χ3n) is 0.813. The predicted molar refractivity (Wildman–Crippen MR) is 39.6 cm³/mol. The molecule has 0 aliphatic heterocycles. The van der Waals surface area contributed by atoms with Crippen LogP contribution in [0.3, 0.4) is 0 Å². The highest BCUT2D eigenvalue weighted by Crippen LogP contribution is 1.93.